The lowest BCUT2D eigenvalue weighted by molar-refractivity contribution is 0.117. The molecule has 1 heteroatoms. The van der Waals surface area contributed by atoms with Crippen LogP contribution in [0.15, 0.2) is 0 Å². The number of rotatable bonds is 3. The molecule has 1 rings (SSSR count). The minimum Gasteiger partial charge on any atom is -0.308 e. The van der Waals surface area contributed by atoms with Gasteiger partial charge in [-0.25, -0.2) is 0 Å². The summed E-state index contributed by atoms with van der Waals surface area (Å²) < 4.78 is 0. The first-order valence-electron chi connectivity index (χ1n) is 7.30. The maximum atomic E-state index is 3.94. The molecule has 0 amide bonds. The highest BCUT2D eigenvalue weighted by molar-refractivity contribution is 4.94. The fraction of sp³-hybridized carbons (Fsp3) is 1.00. The Morgan fingerprint density at radius 2 is 1.65 bits per heavy atom. The molecule has 1 aliphatic carbocycles. The fourth-order valence-corrected chi connectivity index (χ4v) is 3.61. The number of nitrogens with one attached hydrogen (secondary N) is 1. The van der Waals surface area contributed by atoms with E-state index in [1.54, 1.807) is 0 Å². The minimum absolute atomic E-state index is 0.248. The summed E-state index contributed by atoms with van der Waals surface area (Å²) in [5, 5.41) is 3.94. The largest absolute Gasteiger partial charge is 0.308 e. The fourth-order valence-electron chi connectivity index (χ4n) is 3.61. The van der Waals surface area contributed by atoms with Crippen molar-refractivity contribution in [3.8, 4) is 0 Å². The molecule has 1 unspecified atom stereocenters. The first-order chi connectivity index (χ1) is 7.52. The van der Waals surface area contributed by atoms with Gasteiger partial charge in [0.05, 0.1) is 0 Å². The summed E-state index contributed by atoms with van der Waals surface area (Å²) in [6.07, 6.45) is 6.75. The van der Waals surface area contributed by atoms with Crippen molar-refractivity contribution in [1.29, 1.82) is 0 Å². The summed E-state index contributed by atoms with van der Waals surface area (Å²) in [5.41, 5.74) is 1.11. The lowest BCUT2D eigenvalue weighted by Gasteiger charge is -2.45. The summed E-state index contributed by atoms with van der Waals surface area (Å²) in [6, 6.07) is 0.689. The third-order valence-electron chi connectivity index (χ3n) is 4.04. The van der Waals surface area contributed by atoms with Crippen LogP contribution < -0.4 is 5.32 Å². The van der Waals surface area contributed by atoms with Crippen molar-refractivity contribution in [1.82, 2.24) is 5.32 Å². The smallest absolute Gasteiger partial charge is 0.0132 e. The molecule has 1 N–H and O–H groups in total. The number of hydrogen-bond donors (Lipinski definition) is 1. The molecule has 0 heterocycles. The Morgan fingerprint density at radius 3 is 2.12 bits per heavy atom. The van der Waals surface area contributed by atoms with E-state index in [-0.39, 0.29) is 5.54 Å². The van der Waals surface area contributed by atoms with Crippen molar-refractivity contribution in [3.05, 3.63) is 0 Å². The molecule has 1 fully saturated rings. The minimum atomic E-state index is 0.248. The summed E-state index contributed by atoms with van der Waals surface area (Å²) in [4.78, 5) is 0. The van der Waals surface area contributed by atoms with E-state index < -0.39 is 0 Å². The van der Waals surface area contributed by atoms with E-state index in [1.165, 1.54) is 32.1 Å². The lowest BCUT2D eigenvalue weighted by atomic mass is 9.71. The zero-order valence-electron chi connectivity index (χ0n) is 13.1. The summed E-state index contributed by atoms with van der Waals surface area (Å²) in [7, 11) is 0. The van der Waals surface area contributed by atoms with E-state index in [1.807, 2.05) is 0 Å². The first kappa shape index (κ1) is 15.0. The Hall–Kier alpha value is -0.0400. The van der Waals surface area contributed by atoms with Gasteiger partial charge in [0, 0.05) is 11.6 Å². The molecule has 0 bridgehead atoms. The normalized spacial score (nSPS) is 25.9. The second-order valence-electron chi connectivity index (χ2n) is 8.55. The van der Waals surface area contributed by atoms with Gasteiger partial charge in [0.25, 0.3) is 0 Å². The summed E-state index contributed by atoms with van der Waals surface area (Å²) in [5.74, 6) is 0. The predicted molar refractivity (Wildman–Crippen MR) is 77.3 cm³/mol. The Kier molecular flexibility index (Phi) is 4.34. The van der Waals surface area contributed by atoms with Gasteiger partial charge in [0.15, 0.2) is 0 Å². The van der Waals surface area contributed by atoms with Crippen LogP contribution in [0.4, 0.5) is 0 Å². The van der Waals surface area contributed by atoms with Crippen molar-refractivity contribution in [3.63, 3.8) is 0 Å². The Labute approximate surface area is 109 Å². The molecule has 1 atom stereocenters. The Balaban J connectivity index is 2.62. The SMILES string of the molecule is CC(C)(C)CC(C)(C)NC1CCCCC1(C)C. The van der Waals surface area contributed by atoms with Crippen molar-refractivity contribution in [2.75, 3.05) is 0 Å². The van der Waals surface area contributed by atoms with Gasteiger partial charge in [-0.3, -0.25) is 0 Å². The van der Waals surface area contributed by atoms with Gasteiger partial charge < -0.3 is 5.32 Å². The first-order valence-corrected chi connectivity index (χ1v) is 7.30. The van der Waals surface area contributed by atoms with E-state index in [2.05, 4.69) is 53.8 Å². The molecule has 102 valence electrons. The predicted octanol–water partition coefficient (Wildman–Crippen LogP) is 4.76. The van der Waals surface area contributed by atoms with E-state index in [9.17, 15) is 0 Å². The van der Waals surface area contributed by atoms with Gasteiger partial charge in [-0.05, 0) is 43.9 Å². The van der Waals surface area contributed by atoms with Crippen molar-refractivity contribution in [2.24, 2.45) is 10.8 Å². The molecule has 17 heavy (non-hydrogen) atoms. The van der Waals surface area contributed by atoms with Crippen LogP contribution in [0.5, 0.6) is 0 Å². The second kappa shape index (κ2) is 4.91. The standard InChI is InChI=1S/C16H33N/c1-14(2,3)12-16(6,7)17-13-10-8-9-11-15(13,4)5/h13,17H,8-12H2,1-7H3. The van der Waals surface area contributed by atoms with E-state index in [0.29, 0.717) is 16.9 Å². The molecule has 0 aromatic heterocycles. The van der Waals surface area contributed by atoms with Crippen LogP contribution in [0.2, 0.25) is 0 Å². The topological polar surface area (TPSA) is 12.0 Å². The zero-order chi connectivity index (χ0) is 13.3. The van der Waals surface area contributed by atoms with Crippen LogP contribution >= 0.6 is 0 Å². The van der Waals surface area contributed by atoms with Crippen LogP contribution in [-0.4, -0.2) is 11.6 Å². The van der Waals surface area contributed by atoms with Gasteiger partial charge >= 0.3 is 0 Å². The third-order valence-corrected chi connectivity index (χ3v) is 4.04. The summed E-state index contributed by atoms with van der Waals surface area (Å²) in [6.45, 7) is 16.6. The molecule has 1 nitrogen and oxygen atoms in total. The third kappa shape index (κ3) is 4.99. The monoisotopic (exact) mass is 239 g/mol. The molecule has 1 aliphatic rings. The molecule has 1 saturated carbocycles. The average Bonchev–Trinajstić information content (AvgIpc) is 2.03. The van der Waals surface area contributed by atoms with Crippen molar-refractivity contribution < 1.29 is 0 Å². The van der Waals surface area contributed by atoms with Crippen molar-refractivity contribution >= 4 is 0 Å². The molecular formula is C16H33N. The molecule has 0 aliphatic heterocycles. The molecule has 0 saturated heterocycles. The number of hydrogen-bond acceptors (Lipinski definition) is 1. The highest BCUT2D eigenvalue weighted by atomic mass is 15.0. The van der Waals surface area contributed by atoms with Gasteiger partial charge in [-0.15, -0.1) is 0 Å². The lowest BCUT2D eigenvalue weighted by Crippen LogP contribution is -2.54. The maximum Gasteiger partial charge on any atom is 0.0132 e. The average molecular weight is 239 g/mol. The van der Waals surface area contributed by atoms with Gasteiger partial charge in [0.2, 0.25) is 0 Å². The molecular weight excluding hydrogens is 206 g/mol. The Morgan fingerprint density at radius 1 is 1.06 bits per heavy atom. The van der Waals surface area contributed by atoms with E-state index in [0.717, 1.165) is 0 Å². The van der Waals surface area contributed by atoms with Crippen LogP contribution in [0.3, 0.4) is 0 Å². The van der Waals surface area contributed by atoms with Gasteiger partial charge in [0.1, 0.15) is 0 Å². The second-order valence-corrected chi connectivity index (χ2v) is 8.55. The van der Waals surface area contributed by atoms with Crippen molar-refractivity contribution in [2.45, 2.75) is 92.2 Å². The van der Waals surface area contributed by atoms with Crippen LogP contribution in [0, 0.1) is 10.8 Å². The van der Waals surface area contributed by atoms with Gasteiger partial charge in [-0.1, -0.05) is 47.5 Å². The highest BCUT2D eigenvalue weighted by Crippen LogP contribution is 2.37. The maximum absolute atomic E-state index is 3.94. The van der Waals surface area contributed by atoms with Gasteiger partial charge in [-0.2, -0.15) is 0 Å². The van der Waals surface area contributed by atoms with Crippen LogP contribution in [0.1, 0.15) is 80.6 Å². The quantitative estimate of drug-likeness (QED) is 0.749. The molecule has 0 aromatic carbocycles. The highest BCUT2D eigenvalue weighted by Gasteiger charge is 2.36. The zero-order valence-corrected chi connectivity index (χ0v) is 13.1. The molecule has 0 radical (unpaired) electrons. The Bertz CT molecular complexity index is 245. The molecule has 0 spiro atoms. The van der Waals surface area contributed by atoms with Crippen LogP contribution in [0.25, 0.3) is 0 Å². The molecule has 0 aromatic rings. The van der Waals surface area contributed by atoms with E-state index in [4.69, 9.17) is 0 Å². The van der Waals surface area contributed by atoms with E-state index >= 15 is 0 Å². The van der Waals surface area contributed by atoms with Crippen LogP contribution in [-0.2, 0) is 0 Å². The summed E-state index contributed by atoms with van der Waals surface area (Å²) >= 11 is 0.